The Bertz CT molecular complexity index is 947. The zero-order valence-corrected chi connectivity index (χ0v) is 15.5. The largest absolute Gasteiger partial charge is 0.412 e. The number of allylic oxidation sites excluding steroid dienone is 2. The van der Waals surface area contributed by atoms with Gasteiger partial charge in [-0.05, 0) is 57.3 Å². The first-order chi connectivity index (χ1) is 12.3. The van der Waals surface area contributed by atoms with E-state index in [2.05, 4.69) is 66.1 Å². The van der Waals surface area contributed by atoms with E-state index in [1.165, 1.54) is 27.1 Å². The first-order valence-electron chi connectivity index (χ1n) is 8.89. The second-order valence-corrected chi connectivity index (χ2v) is 7.45. The molecule has 2 aliphatic rings. The van der Waals surface area contributed by atoms with E-state index in [1.807, 2.05) is 17.8 Å². The van der Waals surface area contributed by atoms with Crippen molar-refractivity contribution in [3.05, 3.63) is 83.3 Å². The monoisotopic (exact) mass is 364 g/mol. The van der Waals surface area contributed by atoms with Gasteiger partial charge in [-0.2, -0.15) is 0 Å². The van der Waals surface area contributed by atoms with E-state index in [0.717, 1.165) is 30.6 Å². The number of rotatable bonds is 0. The molecule has 0 aromatic heterocycles. The van der Waals surface area contributed by atoms with E-state index in [4.69, 9.17) is 0 Å². The average Bonchev–Trinajstić information content (AvgIpc) is 2.69. The number of hydrogen-bond acceptors (Lipinski definition) is 2. The van der Waals surface area contributed by atoms with Gasteiger partial charge in [0, 0.05) is 5.75 Å². The lowest BCUT2D eigenvalue weighted by Crippen LogP contribution is -2.09. The Balaban J connectivity index is 0.000000241. The molecule has 1 aliphatic carbocycles. The minimum Gasteiger partial charge on any atom is -0.412 e. The highest BCUT2D eigenvalue weighted by atomic mass is 32.2. The summed E-state index contributed by atoms with van der Waals surface area (Å²) in [5, 5.41) is 17.4. The fourth-order valence-electron chi connectivity index (χ4n) is 3.73. The predicted octanol–water partition coefficient (Wildman–Crippen LogP) is 5.34. The Morgan fingerprint density at radius 3 is 2.46 bits per heavy atom. The third-order valence-corrected chi connectivity index (χ3v) is 5.69. The van der Waals surface area contributed by atoms with Gasteiger partial charge in [0.25, 0.3) is 0 Å². The normalized spacial score (nSPS) is 18.0. The SMILES string of the molecule is C1=CCSC=C1.O.OC1CCCc2c1ccc1c2ccc2ccccc21. The van der Waals surface area contributed by atoms with Crippen LogP contribution < -0.4 is 0 Å². The highest BCUT2D eigenvalue weighted by Gasteiger charge is 2.19. The van der Waals surface area contributed by atoms with Gasteiger partial charge in [-0.1, -0.05) is 66.8 Å². The molecule has 0 saturated heterocycles. The Morgan fingerprint density at radius 1 is 0.885 bits per heavy atom. The van der Waals surface area contributed by atoms with Crippen molar-refractivity contribution in [2.24, 2.45) is 0 Å². The van der Waals surface area contributed by atoms with Gasteiger partial charge in [0.15, 0.2) is 0 Å². The number of aryl methyl sites for hydroxylation is 1. The maximum atomic E-state index is 10.1. The summed E-state index contributed by atoms with van der Waals surface area (Å²) in [6, 6.07) is 17.2. The van der Waals surface area contributed by atoms with Crippen molar-refractivity contribution in [3.8, 4) is 0 Å². The van der Waals surface area contributed by atoms with Crippen molar-refractivity contribution in [3.63, 3.8) is 0 Å². The number of aliphatic hydroxyl groups is 1. The van der Waals surface area contributed by atoms with Crippen molar-refractivity contribution >= 4 is 33.3 Å². The van der Waals surface area contributed by atoms with E-state index >= 15 is 0 Å². The Labute approximate surface area is 158 Å². The van der Waals surface area contributed by atoms with Crippen molar-refractivity contribution in [2.45, 2.75) is 25.4 Å². The standard InChI is InChI=1S/C18H16O.C5H6S.H2O/c19-18-7-3-6-14-16-9-8-12-4-1-2-5-13(12)15(16)10-11-17(14)18;1-2-4-6-5-3-1;/h1-2,4-5,8-11,18-19H,3,6-7H2;1-4H,5H2;1H2. The molecule has 0 spiro atoms. The molecule has 5 rings (SSSR count). The molecule has 134 valence electrons. The van der Waals surface area contributed by atoms with Crippen molar-refractivity contribution in [2.75, 3.05) is 5.75 Å². The topological polar surface area (TPSA) is 51.7 Å². The van der Waals surface area contributed by atoms with Gasteiger partial charge in [-0.25, -0.2) is 0 Å². The Morgan fingerprint density at radius 2 is 1.73 bits per heavy atom. The summed E-state index contributed by atoms with van der Waals surface area (Å²) in [5.74, 6) is 1.15. The van der Waals surface area contributed by atoms with Gasteiger partial charge in [0.2, 0.25) is 0 Å². The van der Waals surface area contributed by atoms with Crippen LogP contribution in [-0.2, 0) is 6.42 Å². The van der Waals surface area contributed by atoms with Gasteiger partial charge >= 0.3 is 0 Å². The summed E-state index contributed by atoms with van der Waals surface area (Å²) in [6.45, 7) is 0. The number of aliphatic hydroxyl groups excluding tert-OH is 1. The van der Waals surface area contributed by atoms with Gasteiger partial charge in [0.1, 0.15) is 0 Å². The van der Waals surface area contributed by atoms with E-state index in [1.54, 1.807) is 0 Å². The molecule has 0 bridgehead atoms. The molecular weight excluding hydrogens is 340 g/mol. The molecule has 3 aromatic rings. The third kappa shape index (κ3) is 3.70. The highest BCUT2D eigenvalue weighted by Crippen LogP contribution is 2.36. The molecule has 1 aliphatic heterocycles. The molecule has 3 N–H and O–H groups in total. The maximum Gasteiger partial charge on any atom is 0.0793 e. The lowest BCUT2D eigenvalue weighted by atomic mass is 9.85. The number of benzene rings is 3. The molecule has 0 amide bonds. The van der Waals surface area contributed by atoms with Crippen LogP contribution in [0.1, 0.15) is 30.1 Å². The highest BCUT2D eigenvalue weighted by molar-refractivity contribution is 8.02. The van der Waals surface area contributed by atoms with Crippen molar-refractivity contribution in [1.82, 2.24) is 0 Å². The van der Waals surface area contributed by atoms with Crippen LogP contribution in [0.4, 0.5) is 0 Å². The number of thioether (sulfide) groups is 1. The summed E-state index contributed by atoms with van der Waals surface area (Å²) < 4.78 is 0. The average molecular weight is 365 g/mol. The first kappa shape index (κ1) is 18.7. The van der Waals surface area contributed by atoms with Crippen LogP contribution in [0.25, 0.3) is 21.5 Å². The summed E-state index contributed by atoms with van der Waals surface area (Å²) in [7, 11) is 0. The van der Waals surface area contributed by atoms with Crippen molar-refractivity contribution in [1.29, 1.82) is 0 Å². The van der Waals surface area contributed by atoms with Crippen LogP contribution in [0.5, 0.6) is 0 Å². The molecule has 1 atom stereocenters. The molecular formula is C23H24O2S. The smallest absolute Gasteiger partial charge is 0.0793 e. The number of hydrogen-bond donors (Lipinski definition) is 1. The van der Waals surface area contributed by atoms with Crippen LogP contribution in [0.15, 0.2) is 72.2 Å². The molecule has 2 nitrogen and oxygen atoms in total. The third-order valence-electron chi connectivity index (χ3n) is 4.95. The quantitative estimate of drug-likeness (QED) is 0.547. The molecule has 1 heterocycles. The fraction of sp³-hybridized carbons (Fsp3) is 0.217. The van der Waals surface area contributed by atoms with Gasteiger partial charge in [-0.3, -0.25) is 0 Å². The summed E-state index contributed by atoms with van der Waals surface area (Å²) >= 11 is 1.83. The molecule has 0 saturated carbocycles. The summed E-state index contributed by atoms with van der Waals surface area (Å²) in [5.41, 5.74) is 2.48. The number of fused-ring (bicyclic) bond motifs is 5. The lowest BCUT2D eigenvalue weighted by Gasteiger charge is -2.23. The van der Waals surface area contributed by atoms with E-state index < -0.39 is 0 Å². The predicted molar refractivity (Wildman–Crippen MR) is 114 cm³/mol. The van der Waals surface area contributed by atoms with Gasteiger partial charge in [0.05, 0.1) is 6.10 Å². The van der Waals surface area contributed by atoms with E-state index in [-0.39, 0.29) is 11.6 Å². The molecule has 3 aromatic carbocycles. The molecule has 26 heavy (non-hydrogen) atoms. The lowest BCUT2D eigenvalue weighted by molar-refractivity contribution is 0.157. The summed E-state index contributed by atoms with van der Waals surface area (Å²) in [4.78, 5) is 0. The van der Waals surface area contributed by atoms with Crippen LogP contribution in [0.3, 0.4) is 0 Å². The van der Waals surface area contributed by atoms with Gasteiger partial charge < -0.3 is 10.6 Å². The van der Waals surface area contributed by atoms with Crippen LogP contribution in [-0.4, -0.2) is 16.3 Å². The zero-order valence-electron chi connectivity index (χ0n) is 14.7. The maximum absolute atomic E-state index is 10.1. The fourth-order valence-corrected chi connectivity index (χ4v) is 4.27. The Kier molecular flexibility index (Phi) is 6.15. The molecule has 0 fully saturated rings. The first-order valence-corrected chi connectivity index (χ1v) is 9.94. The Hall–Kier alpha value is -2.07. The minimum atomic E-state index is -0.278. The molecule has 0 radical (unpaired) electrons. The van der Waals surface area contributed by atoms with E-state index in [9.17, 15) is 5.11 Å². The summed E-state index contributed by atoms with van der Waals surface area (Å²) in [6.07, 6.45) is 9.04. The van der Waals surface area contributed by atoms with Crippen LogP contribution >= 0.6 is 11.8 Å². The van der Waals surface area contributed by atoms with Crippen LogP contribution in [0.2, 0.25) is 0 Å². The second kappa shape index (κ2) is 8.54. The van der Waals surface area contributed by atoms with E-state index in [0.29, 0.717) is 0 Å². The molecule has 3 heteroatoms. The van der Waals surface area contributed by atoms with Crippen LogP contribution in [0, 0.1) is 0 Å². The molecule has 1 unspecified atom stereocenters. The van der Waals surface area contributed by atoms with Crippen molar-refractivity contribution < 1.29 is 10.6 Å². The zero-order chi connectivity index (χ0) is 17.1. The minimum absolute atomic E-state index is 0. The van der Waals surface area contributed by atoms with Gasteiger partial charge in [-0.15, -0.1) is 11.8 Å². The second-order valence-electron chi connectivity index (χ2n) is 6.51.